The molecular weight excluding hydrogens is 471 g/mol. The van der Waals surface area contributed by atoms with Gasteiger partial charge in [0.05, 0.1) is 16.6 Å². The van der Waals surface area contributed by atoms with Gasteiger partial charge in [0.25, 0.3) is 5.91 Å². The topological polar surface area (TPSA) is 68.4 Å². The molecule has 2 N–H and O–H groups in total. The van der Waals surface area contributed by atoms with Crippen molar-refractivity contribution in [2.24, 2.45) is 0 Å². The van der Waals surface area contributed by atoms with Crippen molar-refractivity contribution in [3.63, 3.8) is 0 Å². The fourth-order valence-electron chi connectivity index (χ4n) is 5.30. The monoisotopic (exact) mass is 498 g/mol. The van der Waals surface area contributed by atoms with Gasteiger partial charge in [-0.2, -0.15) is 0 Å². The van der Waals surface area contributed by atoms with Crippen molar-refractivity contribution in [2.75, 3.05) is 32.7 Å². The lowest BCUT2D eigenvalue weighted by Gasteiger charge is -2.36. The Morgan fingerprint density at radius 1 is 1.00 bits per heavy atom. The Morgan fingerprint density at radius 3 is 2.62 bits per heavy atom. The molecule has 2 saturated heterocycles. The fourth-order valence-corrected chi connectivity index (χ4v) is 5.60. The van der Waals surface area contributed by atoms with Crippen molar-refractivity contribution in [3.8, 4) is 0 Å². The quantitative estimate of drug-likeness (QED) is 0.536. The fraction of sp³-hybridized carbons (Fsp3) is 0.385. The minimum absolute atomic E-state index is 0.0198. The van der Waals surface area contributed by atoms with Crippen molar-refractivity contribution in [1.29, 1.82) is 0 Å². The van der Waals surface area contributed by atoms with Crippen LogP contribution >= 0.6 is 23.2 Å². The number of benzene rings is 2. The zero-order valence-electron chi connectivity index (χ0n) is 18.9. The molecule has 0 spiro atoms. The summed E-state index contributed by atoms with van der Waals surface area (Å²) in [6.07, 6.45) is 5.24. The lowest BCUT2D eigenvalue weighted by molar-refractivity contribution is -0.129. The summed E-state index contributed by atoms with van der Waals surface area (Å²) in [5.74, 6) is 0.181. The van der Waals surface area contributed by atoms with Crippen LogP contribution in [0.1, 0.15) is 41.1 Å². The zero-order valence-corrected chi connectivity index (χ0v) is 20.4. The molecule has 6 nitrogen and oxygen atoms in total. The molecule has 0 aliphatic carbocycles. The first-order valence-corrected chi connectivity index (χ1v) is 12.6. The third kappa shape index (κ3) is 4.81. The molecule has 0 radical (unpaired) electrons. The summed E-state index contributed by atoms with van der Waals surface area (Å²) >= 11 is 11.9. The summed E-state index contributed by atoms with van der Waals surface area (Å²) in [6.45, 7) is 3.52. The highest BCUT2D eigenvalue weighted by Crippen LogP contribution is 2.34. The van der Waals surface area contributed by atoms with Crippen LogP contribution in [-0.2, 0) is 4.79 Å². The molecule has 178 valence electrons. The second kappa shape index (κ2) is 9.98. The number of para-hydroxylation sites is 1. The van der Waals surface area contributed by atoms with Gasteiger partial charge in [-0.25, -0.2) is 0 Å². The molecular formula is C26H28Cl2N4O2. The normalized spacial score (nSPS) is 19.6. The van der Waals surface area contributed by atoms with Gasteiger partial charge in [0, 0.05) is 36.4 Å². The molecule has 5 rings (SSSR count). The van der Waals surface area contributed by atoms with Crippen LogP contribution in [0, 0.1) is 0 Å². The number of nitrogens with one attached hydrogen (secondary N) is 2. The SMILES string of the molecule is O=C(NCC(=O)N1CCC(N2CCC(c3cccc4cc[nH]c34)CC2)C1)c1ccc(Cl)c(Cl)c1. The third-order valence-electron chi connectivity index (χ3n) is 7.20. The average molecular weight is 499 g/mol. The predicted octanol–water partition coefficient (Wildman–Crippen LogP) is 4.69. The average Bonchev–Trinajstić information content (AvgIpc) is 3.54. The highest BCUT2D eigenvalue weighted by atomic mass is 35.5. The summed E-state index contributed by atoms with van der Waals surface area (Å²) in [4.78, 5) is 32.9. The molecule has 8 heteroatoms. The van der Waals surface area contributed by atoms with Gasteiger partial charge in [-0.3, -0.25) is 14.5 Å². The molecule has 1 aromatic heterocycles. The number of H-pyrrole nitrogens is 1. The van der Waals surface area contributed by atoms with Crippen LogP contribution in [0.4, 0.5) is 0 Å². The van der Waals surface area contributed by atoms with Crippen molar-refractivity contribution < 1.29 is 9.59 Å². The number of nitrogens with zero attached hydrogens (tertiary/aromatic N) is 2. The first-order chi connectivity index (χ1) is 16.5. The van der Waals surface area contributed by atoms with Crippen molar-refractivity contribution in [1.82, 2.24) is 20.1 Å². The van der Waals surface area contributed by atoms with Crippen LogP contribution in [-0.4, -0.2) is 65.4 Å². The molecule has 1 atom stereocenters. The minimum Gasteiger partial charge on any atom is -0.361 e. The van der Waals surface area contributed by atoms with E-state index in [0.717, 1.165) is 45.4 Å². The lowest BCUT2D eigenvalue weighted by Crippen LogP contribution is -2.44. The molecule has 0 saturated carbocycles. The van der Waals surface area contributed by atoms with E-state index in [4.69, 9.17) is 23.2 Å². The smallest absolute Gasteiger partial charge is 0.251 e. The van der Waals surface area contributed by atoms with E-state index < -0.39 is 0 Å². The van der Waals surface area contributed by atoms with Gasteiger partial charge >= 0.3 is 0 Å². The lowest BCUT2D eigenvalue weighted by atomic mass is 9.87. The first kappa shape index (κ1) is 23.2. The number of carbonyl (C=O) groups excluding carboxylic acids is 2. The van der Waals surface area contributed by atoms with Crippen LogP contribution in [0.5, 0.6) is 0 Å². The number of amides is 2. The number of carbonyl (C=O) groups is 2. The van der Waals surface area contributed by atoms with Crippen molar-refractivity contribution in [2.45, 2.75) is 31.2 Å². The standard InChI is InChI=1S/C26H28Cl2N4O2/c27-22-5-4-19(14-23(22)28)26(34)30-15-24(33)32-13-9-20(16-32)31-11-7-17(8-12-31)21-3-1-2-18-6-10-29-25(18)21/h1-6,10,14,17,20,29H,7-9,11-13,15-16H2,(H,30,34). The van der Waals surface area contributed by atoms with Crippen molar-refractivity contribution in [3.05, 3.63) is 69.8 Å². The summed E-state index contributed by atoms with van der Waals surface area (Å²) in [5.41, 5.74) is 3.07. The number of hydrogen-bond donors (Lipinski definition) is 2. The largest absolute Gasteiger partial charge is 0.361 e. The maximum Gasteiger partial charge on any atom is 0.251 e. The molecule has 2 aliphatic rings. The number of aromatic amines is 1. The molecule has 2 fully saturated rings. The van der Waals surface area contributed by atoms with Gasteiger partial charge in [-0.1, -0.05) is 41.4 Å². The first-order valence-electron chi connectivity index (χ1n) is 11.8. The number of aromatic nitrogens is 1. The number of halogens is 2. The van der Waals surface area contributed by atoms with E-state index >= 15 is 0 Å². The molecule has 3 heterocycles. The Labute approximate surface area is 209 Å². The summed E-state index contributed by atoms with van der Waals surface area (Å²) < 4.78 is 0. The van der Waals surface area contributed by atoms with Crippen LogP contribution in [0.15, 0.2) is 48.7 Å². The van der Waals surface area contributed by atoms with E-state index in [1.807, 2.05) is 11.1 Å². The summed E-state index contributed by atoms with van der Waals surface area (Å²) in [5, 5.41) is 4.69. The van der Waals surface area contributed by atoms with Gasteiger partial charge in [0.15, 0.2) is 0 Å². The molecule has 2 aromatic carbocycles. The van der Waals surface area contributed by atoms with Crippen LogP contribution in [0.3, 0.4) is 0 Å². The second-order valence-electron chi connectivity index (χ2n) is 9.19. The van der Waals surface area contributed by atoms with Gasteiger partial charge in [0.1, 0.15) is 0 Å². The van der Waals surface area contributed by atoms with E-state index in [1.165, 1.54) is 22.5 Å². The van der Waals surface area contributed by atoms with Crippen LogP contribution in [0.2, 0.25) is 10.0 Å². The molecule has 1 unspecified atom stereocenters. The van der Waals surface area contributed by atoms with E-state index in [-0.39, 0.29) is 18.4 Å². The number of likely N-dealkylation sites (tertiary alicyclic amines) is 2. The Bertz CT molecular complexity index is 1200. The van der Waals surface area contributed by atoms with E-state index in [2.05, 4.69) is 39.5 Å². The molecule has 2 amide bonds. The molecule has 2 aliphatic heterocycles. The zero-order chi connectivity index (χ0) is 23.7. The Kier molecular flexibility index (Phi) is 6.82. The highest BCUT2D eigenvalue weighted by molar-refractivity contribution is 6.42. The van der Waals surface area contributed by atoms with Gasteiger partial charge in [-0.05, 0) is 73.5 Å². The number of hydrogen-bond acceptors (Lipinski definition) is 3. The number of piperidine rings is 1. The third-order valence-corrected chi connectivity index (χ3v) is 7.94. The van der Waals surface area contributed by atoms with Crippen molar-refractivity contribution >= 4 is 45.9 Å². The minimum atomic E-state index is -0.332. The Morgan fingerprint density at radius 2 is 1.82 bits per heavy atom. The maximum atomic E-state index is 12.7. The molecule has 0 bridgehead atoms. The van der Waals surface area contributed by atoms with Crippen LogP contribution < -0.4 is 5.32 Å². The summed E-state index contributed by atoms with van der Waals surface area (Å²) in [7, 11) is 0. The summed E-state index contributed by atoms with van der Waals surface area (Å²) in [6, 6.07) is 13.8. The molecule has 34 heavy (non-hydrogen) atoms. The van der Waals surface area contributed by atoms with E-state index in [0.29, 0.717) is 27.6 Å². The maximum absolute atomic E-state index is 12.7. The van der Waals surface area contributed by atoms with E-state index in [1.54, 1.807) is 12.1 Å². The molecule has 3 aromatic rings. The highest BCUT2D eigenvalue weighted by Gasteiger charge is 2.33. The predicted molar refractivity (Wildman–Crippen MR) is 136 cm³/mol. The Balaban J connectivity index is 1.10. The van der Waals surface area contributed by atoms with E-state index in [9.17, 15) is 9.59 Å². The number of rotatable bonds is 5. The second-order valence-corrected chi connectivity index (χ2v) is 10.0. The van der Waals surface area contributed by atoms with Gasteiger partial charge in [-0.15, -0.1) is 0 Å². The Hall–Kier alpha value is -2.54. The van der Waals surface area contributed by atoms with Crippen LogP contribution in [0.25, 0.3) is 10.9 Å². The number of fused-ring (bicyclic) bond motifs is 1. The van der Waals surface area contributed by atoms with Gasteiger partial charge < -0.3 is 15.2 Å². The van der Waals surface area contributed by atoms with Gasteiger partial charge in [0.2, 0.25) is 5.91 Å².